The first-order valence-electron chi connectivity index (χ1n) is 10.9. The summed E-state index contributed by atoms with van der Waals surface area (Å²) in [5.41, 5.74) is 0. The van der Waals surface area contributed by atoms with E-state index in [1.54, 1.807) is 0 Å². The summed E-state index contributed by atoms with van der Waals surface area (Å²) in [6.07, 6.45) is 9.30. The molecule has 0 bridgehead atoms. The Hall–Kier alpha value is 0.486. The molecule has 25 heavy (non-hydrogen) atoms. The number of unbranched alkanes of at least 4 members (excludes halogenated alkanes) is 3. The molecule has 0 aromatic carbocycles. The Labute approximate surface area is 162 Å². The van der Waals surface area contributed by atoms with Crippen LogP contribution >= 0.6 is 0 Å². The molecule has 0 aliphatic heterocycles. The summed E-state index contributed by atoms with van der Waals surface area (Å²) < 4.78 is 11.0. The Bertz CT molecular complexity index is 397. The quantitative estimate of drug-likeness (QED) is 0.207. The zero-order valence-electron chi connectivity index (χ0n) is 18.2. The van der Waals surface area contributed by atoms with Gasteiger partial charge in [0.2, 0.25) is 0 Å². The van der Waals surface area contributed by atoms with Gasteiger partial charge in [-0.15, -0.1) is 0 Å². The molecular weight excluding hydrogens is 431 g/mol. The SMILES string of the molecule is CCC[CH2][Sn]([CH2]CCC)([CH2]CCC)[C@@H]1C[C@@]1(C(=O)OCC)[Si](C)(C)C. The maximum atomic E-state index is 13.1. The summed E-state index contributed by atoms with van der Waals surface area (Å²) in [7, 11) is -1.59. The van der Waals surface area contributed by atoms with E-state index in [9.17, 15) is 4.79 Å². The summed E-state index contributed by atoms with van der Waals surface area (Å²) in [5.74, 6) is 0.185. The van der Waals surface area contributed by atoms with Gasteiger partial charge in [0.1, 0.15) is 0 Å². The Morgan fingerprint density at radius 2 is 1.40 bits per heavy atom. The van der Waals surface area contributed by atoms with Gasteiger partial charge in [0.05, 0.1) is 0 Å². The van der Waals surface area contributed by atoms with Crippen LogP contribution in [0.25, 0.3) is 0 Å². The van der Waals surface area contributed by atoms with Crippen molar-refractivity contribution in [2.75, 3.05) is 6.61 Å². The van der Waals surface area contributed by atoms with Crippen LogP contribution in [-0.4, -0.2) is 39.0 Å². The molecule has 4 heteroatoms. The van der Waals surface area contributed by atoms with E-state index in [-0.39, 0.29) is 11.0 Å². The molecule has 148 valence electrons. The van der Waals surface area contributed by atoms with Crippen molar-refractivity contribution < 1.29 is 9.53 Å². The fourth-order valence-corrected chi connectivity index (χ4v) is 33.7. The van der Waals surface area contributed by atoms with Crippen molar-refractivity contribution in [3.05, 3.63) is 0 Å². The maximum absolute atomic E-state index is 13.1. The number of hydrogen-bond donors (Lipinski definition) is 0. The molecule has 1 fully saturated rings. The van der Waals surface area contributed by atoms with Crippen LogP contribution < -0.4 is 0 Å². The van der Waals surface area contributed by atoms with E-state index in [2.05, 4.69) is 40.4 Å². The van der Waals surface area contributed by atoms with Crippen LogP contribution in [0.5, 0.6) is 0 Å². The molecule has 0 saturated heterocycles. The Kier molecular flexibility index (Phi) is 9.55. The Balaban J connectivity index is 3.20. The van der Waals surface area contributed by atoms with Crippen LogP contribution in [0.3, 0.4) is 0 Å². The number of esters is 1. The second-order valence-electron chi connectivity index (χ2n) is 9.37. The van der Waals surface area contributed by atoms with E-state index in [0.717, 1.165) is 3.93 Å². The van der Waals surface area contributed by atoms with Crippen LogP contribution in [0.4, 0.5) is 0 Å². The number of rotatable bonds is 13. The fraction of sp³-hybridized carbons (Fsp3) is 0.952. The van der Waals surface area contributed by atoms with Gasteiger partial charge < -0.3 is 0 Å². The van der Waals surface area contributed by atoms with Crippen molar-refractivity contribution >= 4 is 32.4 Å². The number of ether oxygens (including phenoxy) is 1. The molecule has 2 nitrogen and oxygen atoms in total. The minimum absolute atomic E-state index is 0.0334. The standard InChI is InChI=1S/C9H17O2Si.3C4H9.Sn/c1-5-11-8(10)9(6-7-9)12(2,3)4;3*1-3-4-2;/h6H,5,7H2,1-4H3;3*1,3-4H2,2H3;/t9-;;;;/m0..../s1. The zero-order chi connectivity index (χ0) is 19.1. The molecule has 0 aromatic rings. The molecule has 0 radical (unpaired) electrons. The third-order valence-electron chi connectivity index (χ3n) is 6.76. The van der Waals surface area contributed by atoms with Crippen molar-refractivity contribution in [1.29, 1.82) is 0 Å². The van der Waals surface area contributed by atoms with E-state index in [0.29, 0.717) is 6.61 Å². The summed E-state index contributed by atoms with van der Waals surface area (Å²) >= 11 is -2.35. The fourth-order valence-electron chi connectivity index (χ4n) is 5.11. The van der Waals surface area contributed by atoms with Gasteiger partial charge in [0.25, 0.3) is 0 Å². The molecule has 0 N–H and O–H groups in total. The number of carbonyl (C=O) groups excluding carboxylic acids is 1. The van der Waals surface area contributed by atoms with Gasteiger partial charge in [0.15, 0.2) is 0 Å². The van der Waals surface area contributed by atoms with Gasteiger partial charge >= 0.3 is 163 Å². The first-order valence-corrected chi connectivity index (χ1v) is 22.1. The summed E-state index contributed by atoms with van der Waals surface area (Å²) in [6.45, 7) is 16.8. The van der Waals surface area contributed by atoms with Crippen LogP contribution in [-0.2, 0) is 9.53 Å². The van der Waals surface area contributed by atoms with E-state index in [4.69, 9.17) is 4.74 Å². The average molecular weight is 475 g/mol. The molecule has 1 rings (SSSR count). The van der Waals surface area contributed by atoms with Gasteiger partial charge in [-0.3, -0.25) is 0 Å². The van der Waals surface area contributed by atoms with E-state index in [1.165, 1.54) is 58.3 Å². The molecule has 2 atom stereocenters. The van der Waals surface area contributed by atoms with E-state index < -0.39 is 26.5 Å². The Morgan fingerprint density at radius 1 is 0.960 bits per heavy atom. The van der Waals surface area contributed by atoms with Gasteiger partial charge in [0, 0.05) is 0 Å². The van der Waals surface area contributed by atoms with E-state index >= 15 is 0 Å². The molecule has 0 heterocycles. The third-order valence-corrected chi connectivity index (χ3v) is 28.8. The van der Waals surface area contributed by atoms with Gasteiger partial charge in [-0.25, -0.2) is 0 Å². The van der Waals surface area contributed by atoms with Crippen molar-refractivity contribution in [1.82, 2.24) is 0 Å². The minimum atomic E-state index is -2.35. The topological polar surface area (TPSA) is 26.3 Å². The van der Waals surface area contributed by atoms with Crippen LogP contribution in [0.2, 0.25) is 41.9 Å². The average Bonchev–Trinajstić information content (AvgIpc) is 3.32. The molecule has 0 spiro atoms. The van der Waals surface area contributed by atoms with Crippen LogP contribution in [0.15, 0.2) is 0 Å². The molecule has 1 saturated carbocycles. The number of carbonyl (C=O) groups is 1. The zero-order valence-corrected chi connectivity index (χ0v) is 22.0. The van der Waals surface area contributed by atoms with Crippen LogP contribution in [0, 0.1) is 0 Å². The van der Waals surface area contributed by atoms with E-state index in [1.807, 2.05) is 6.92 Å². The third kappa shape index (κ3) is 5.27. The predicted molar refractivity (Wildman–Crippen MR) is 116 cm³/mol. The van der Waals surface area contributed by atoms with Crippen molar-refractivity contribution in [2.24, 2.45) is 0 Å². The normalized spacial score (nSPS) is 23.6. The first-order chi connectivity index (χ1) is 11.8. The summed E-state index contributed by atoms with van der Waals surface area (Å²) in [4.78, 5) is 13.1. The van der Waals surface area contributed by atoms with Crippen molar-refractivity contribution in [2.45, 2.75) is 115 Å². The van der Waals surface area contributed by atoms with Gasteiger partial charge in [-0.05, 0) is 0 Å². The second kappa shape index (κ2) is 10.1. The Morgan fingerprint density at radius 3 is 1.72 bits per heavy atom. The monoisotopic (exact) mass is 476 g/mol. The molecule has 0 unspecified atom stereocenters. The summed E-state index contributed by atoms with van der Waals surface area (Å²) in [6, 6.07) is 0. The number of hydrogen-bond acceptors (Lipinski definition) is 2. The van der Waals surface area contributed by atoms with Crippen molar-refractivity contribution in [3.63, 3.8) is 0 Å². The first kappa shape index (κ1) is 23.5. The van der Waals surface area contributed by atoms with Gasteiger partial charge in [-0.2, -0.15) is 0 Å². The molecule has 0 amide bonds. The predicted octanol–water partition coefficient (Wildman–Crippen LogP) is 7.25. The molecular formula is C21H44O2SiSn. The molecule has 1 aliphatic rings. The van der Waals surface area contributed by atoms with Gasteiger partial charge in [-0.1, -0.05) is 0 Å². The van der Waals surface area contributed by atoms with Crippen LogP contribution in [0.1, 0.15) is 72.6 Å². The second-order valence-corrected chi connectivity index (χ2v) is 28.8. The summed E-state index contributed by atoms with van der Waals surface area (Å²) in [5, 5.41) is -0.0334. The molecule has 1 aliphatic carbocycles. The molecule has 0 aromatic heterocycles. The van der Waals surface area contributed by atoms with Crippen molar-refractivity contribution in [3.8, 4) is 0 Å².